The van der Waals surface area contributed by atoms with Gasteiger partial charge in [-0.1, -0.05) is 24.3 Å². The van der Waals surface area contributed by atoms with E-state index in [1.54, 1.807) is 0 Å². The minimum atomic E-state index is 0.756. The molecule has 2 fully saturated rings. The van der Waals surface area contributed by atoms with Crippen molar-refractivity contribution < 1.29 is 0 Å². The van der Waals surface area contributed by atoms with Gasteiger partial charge in [-0.05, 0) is 55.8 Å². The molecule has 1 N–H and O–H groups in total. The van der Waals surface area contributed by atoms with Gasteiger partial charge in [-0.2, -0.15) is 5.10 Å². The zero-order chi connectivity index (χ0) is 22.2. The fourth-order valence-electron chi connectivity index (χ4n) is 5.02. The Kier molecular flexibility index (Phi) is 5.23. The number of nitrogens with zero attached hydrogens (tertiary/aromatic N) is 5. The first-order valence-corrected chi connectivity index (χ1v) is 12.0. The molecule has 0 spiro atoms. The highest BCUT2D eigenvalue weighted by atomic mass is 15.2. The maximum absolute atomic E-state index is 4.64. The largest absolute Gasteiger partial charge is 0.372 e. The third kappa shape index (κ3) is 3.95. The summed E-state index contributed by atoms with van der Waals surface area (Å²) in [6, 6.07) is 19.9. The summed E-state index contributed by atoms with van der Waals surface area (Å²) in [7, 11) is 2.19. The fraction of sp³-hybridized carbons (Fsp3) is 0.333. The highest BCUT2D eigenvalue weighted by Crippen LogP contribution is 2.31. The average Bonchev–Trinajstić information content (AvgIpc) is 3.55. The first-order valence-electron chi connectivity index (χ1n) is 12.0. The third-order valence-corrected chi connectivity index (χ3v) is 7.11. The van der Waals surface area contributed by atoms with Crippen LogP contribution in [-0.4, -0.2) is 66.4 Å². The molecule has 33 heavy (non-hydrogen) atoms. The topological polar surface area (TPSA) is 51.3 Å². The van der Waals surface area contributed by atoms with Gasteiger partial charge in [0.15, 0.2) is 5.65 Å². The zero-order valence-corrected chi connectivity index (χ0v) is 19.2. The first kappa shape index (κ1) is 20.2. The summed E-state index contributed by atoms with van der Waals surface area (Å²) in [6.07, 6.45) is 4.50. The molecule has 0 bridgehead atoms. The van der Waals surface area contributed by atoms with E-state index >= 15 is 0 Å². The molecule has 0 saturated carbocycles. The second kappa shape index (κ2) is 8.52. The van der Waals surface area contributed by atoms with Crippen molar-refractivity contribution in [2.45, 2.75) is 12.8 Å². The summed E-state index contributed by atoms with van der Waals surface area (Å²) in [5, 5.41) is 8.73. The lowest BCUT2D eigenvalue weighted by atomic mass is 10.0. The summed E-state index contributed by atoms with van der Waals surface area (Å²) in [6.45, 7) is 6.71. The fourth-order valence-corrected chi connectivity index (χ4v) is 5.02. The van der Waals surface area contributed by atoms with Gasteiger partial charge in [0.05, 0.1) is 5.69 Å². The van der Waals surface area contributed by atoms with Crippen molar-refractivity contribution >= 4 is 22.4 Å². The van der Waals surface area contributed by atoms with E-state index in [0.717, 1.165) is 67.1 Å². The van der Waals surface area contributed by atoms with Crippen LogP contribution in [0.1, 0.15) is 12.8 Å². The number of hydrogen-bond donors (Lipinski definition) is 1. The molecule has 0 aliphatic carbocycles. The highest BCUT2D eigenvalue weighted by Gasteiger charge is 2.16. The number of aromatic amines is 1. The molecule has 2 saturated heterocycles. The van der Waals surface area contributed by atoms with Gasteiger partial charge in [0.2, 0.25) is 0 Å². The van der Waals surface area contributed by atoms with Crippen molar-refractivity contribution in [1.29, 1.82) is 0 Å². The number of hydrogen-bond acceptors (Lipinski definition) is 5. The Bertz CT molecular complexity index is 1230. The molecule has 4 aromatic rings. The van der Waals surface area contributed by atoms with E-state index in [1.165, 1.54) is 29.8 Å². The summed E-state index contributed by atoms with van der Waals surface area (Å²) in [5.41, 5.74) is 7.82. The van der Waals surface area contributed by atoms with Crippen LogP contribution >= 0.6 is 0 Å². The number of rotatable bonds is 4. The standard InChI is InChI=1S/C27H30N6/c1-31-14-16-33(17-15-31)24-8-4-20(5-9-24)22-18-25-26(29-30-27(25)28-19-22)21-6-10-23(11-7-21)32-12-2-3-13-32/h4-11,18-19H,2-3,12-17H2,1H3,(H,28,29,30). The summed E-state index contributed by atoms with van der Waals surface area (Å²) < 4.78 is 0. The summed E-state index contributed by atoms with van der Waals surface area (Å²) >= 11 is 0. The van der Waals surface area contributed by atoms with Gasteiger partial charge < -0.3 is 14.7 Å². The zero-order valence-electron chi connectivity index (χ0n) is 19.2. The second-order valence-corrected chi connectivity index (χ2v) is 9.27. The molecule has 4 heterocycles. The Morgan fingerprint density at radius 1 is 0.697 bits per heavy atom. The van der Waals surface area contributed by atoms with Crippen molar-refractivity contribution in [3.8, 4) is 22.4 Å². The first-order chi connectivity index (χ1) is 16.2. The van der Waals surface area contributed by atoms with Gasteiger partial charge in [-0.25, -0.2) is 4.98 Å². The van der Waals surface area contributed by atoms with Crippen molar-refractivity contribution in [3.05, 3.63) is 60.8 Å². The Morgan fingerprint density at radius 2 is 1.30 bits per heavy atom. The summed E-state index contributed by atoms with van der Waals surface area (Å²) in [4.78, 5) is 11.9. The lowest BCUT2D eigenvalue weighted by molar-refractivity contribution is 0.313. The third-order valence-electron chi connectivity index (χ3n) is 7.11. The number of likely N-dealkylation sites (N-methyl/N-ethyl adjacent to an activating group) is 1. The quantitative estimate of drug-likeness (QED) is 0.503. The van der Waals surface area contributed by atoms with E-state index in [9.17, 15) is 0 Å². The van der Waals surface area contributed by atoms with Crippen molar-refractivity contribution in [2.24, 2.45) is 0 Å². The molecule has 0 unspecified atom stereocenters. The molecular formula is C27H30N6. The maximum atomic E-state index is 4.64. The molecule has 2 aliphatic rings. The average molecular weight is 439 g/mol. The van der Waals surface area contributed by atoms with E-state index in [2.05, 4.69) is 91.5 Å². The van der Waals surface area contributed by atoms with Gasteiger partial charge in [0, 0.05) is 73.4 Å². The van der Waals surface area contributed by atoms with Crippen LogP contribution in [0.5, 0.6) is 0 Å². The van der Waals surface area contributed by atoms with Crippen LogP contribution in [0.15, 0.2) is 60.8 Å². The number of H-pyrrole nitrogens is 1. The van der Waals surface area contributed by atoms with Crippen LogP contribution in [0.3, 0.4) is 0 Å². The monoisotopic (exact) mass is 438 g/mol. The smallest absolute Gasteiger partial charge is 0.181 e. The Labute approximate surface area is 194 Å². The van der Waals surface area contributed by atoms with E-state index in [1.807, 2.05) is 6.20 Å². The van der Waals surface area contributed by atoms with Crippen molar-refractivity contribution in [2.75, 3.05) is 56.1 Å². The van der Waals surface area contributed by atoms with E-state index in [0.29, 0.717) is 0 Å². The molecule has 6 nitrogen and oxygen atoms in total. The number of piperazine rings is 1. The van der Waals surface area contributed by atoms with Gasteiger partial charge in [0.1, 0.15) is 0 Å². The predicted octanol–water partition coefficient (Wildman–Crippen LogP) is 4.64. The molecule has 6 heteroatoms. The molecule has 0 atom stereocenters. The van der Waals surface area contributed by atoms with Gasteiger partial charge in [0.25, 0.3) is 0 Å². The molecule has 0 amide bonds. The Morgan fingerprint density at radius 3 is 1.97 bits per heavy atom. The van der Waals surface area contributed by atoms with Crippen LogP contribution in [0.25, 0.3) is 33.4 Å². The maximum Gasteiger partial charge on any atom is 0.181 e. The van der Waals surface area contributed by atoms with Crippen molar-refractivity contribution in [1.82, 2.24) is 20.1 Å². The van der Waals surface area contributed by atoms with Crippen molar-refractivity contribution in [3.63, 3.8) is 0 Å². The number of benzene rings is 2. The predicted molar refractivity (Wildman–Crippen MR) is 136 cm³/mol. The molecular weight excluding hydrogens is 408 g/mol. The van der Waals surface area contributed by atoms with Gasteiger partial charge >= 0.3 is 0 Å². The number of pyridine rings is 1. The lowest BCUT2D eigenvalue weighted by Gasteiger charge is -2.34. The molecule has 2 aliphatic heterocycles. The number of anilines is 2. The molecule has 6 rings (SSSR count). The minimum absolute atomic E-state index is 0.756. The normalized spacial score (nSPS) is 17.2. The van der Waals surface area contributed by atoms with Gasteiger partial charge in [-0.3, -0.25) is 5.10 Å². The van der Waals surface area contributed by atoms with E-state index < -0.39 is 0 Å². The highest BCUT2D eigenvalue weighted by molar-refractivity contribution is 5.93. The van der Waals surface area contributed by atoms with Crippen LogP contribution in [0.2, 0.25) is 0 Å². The van der Waals surface area contributed by atoms with Crippen LogP contribution < -0.4 is 9.80 Å². The number of nitrogens with one attached hydrogen (secondary N) is 1. The molecule has 168 valence electrons. The van der Waals surface area contributed by atoms with E-state index in [4.69, 9.17) is 0 Å². The SMILES string of the molecule is CN1CCN(c2ccc(-c3cnc4n[nH]c(-c5ccc(N6CCCC6)cc5)c4c3)cc2)CC1. The number of fused-ring (bicyclic) bond motifs is 1. The van der Waals surface area contributed by atoms with Crippen LogP contribution in [0.4, 0.5) is 11.4 Å². The van der Waals surface area contributed by atoms with Gasteiger partial charge in [-0.15, -0.1) is 0 Å². The minimum Gasteiger partial charge on any atom is -0.372 e. The van der Waals surface area contributed by atoms with E-state index in [-0.39, 0.29) is 0 Å². The lowest BCUT2D eigenvalue weighted by Crippen LogP contribution is -2.44. The molecule has 2 aromatic heterocycles. The molecule has 2 aromatic carbocycles. The Balaban J connectivity index is 1.27. The Hall–Kier alpha value is -3.38. The van der Waals surface area contributed by atoms with Crippen LogP contribution in [-0.2, 0) is 0 Å². The second-order valence-electron chi connectivity index (χ2n) is 9.27. The summed E-state index contributed by atoms with van der Waals surface area (Å²) in [5.74, 6) is 0. The molecule has 0 radical (unpaired) electrons. The number of aromatic nitrogens is 3. The van der Waals surface area contributed by atoms with Crippen LogP contribution in [0, 0.1) is 0 Å².